The van der Waals surface area contributed by atoms with Crippen LogP contribution >= 0.6 is 23.2 Å². The zero-order valence-electron chi connectivity index (χ0n) is 28.9. The lowest BCUT2D eigenvalue weighted by Gasteiger charge is -2.39. The number of nitrogens with zero attached hydrogens (tertiary/aromatic N) is 4. The maximum Gasteiger partial charge on any atom is 0.416 e. The number of anilines is 1. The van der Waals surface area contributed by atoms with Gasteiger partial charge in [0.05, 0.1) is 12.2 Å². The van der Waals surface area contributed by atoms with Crippen LogP contribution in [0.3, 0.4) is 0 Å². The van der Waals surface area contributed by atoms with Gasteiger partial charge in [0.25, 0.3) is 0 Å². The van der Waals surface area contributed by atoms with E-state index in [0.717, 1.165) is 12.6 Å². The maximum atomic E-state index is 14.1. The minimum atomic E-state index is -4.47. The van der Waals surface area contributed by atoms with E-state index in [1.54, 1.807) is 35.1 Å². The third kappa shape index (κ3) is 10.7. The van der Waals surface area contributed by atoms with Crippen LogP contribution in [0.25, 0.3) is 0 Å². The van der Waals surface area contributed by atoms with Crippen LogP contribution in [0.15, 0.2) is 66.7 Å². The Balaban J connectivity index is 1.25. The van der Waals surface area contributed by atoms with Crippen molar-refractivity contribution in [3.05, 3.63) is 99.0 Å². The zero-order valence-corrected chi connectivity index (χ0v) is 30.4. The molecule has 2 fully saturated rings. The normalized spacial score (nSPS) is 17.0. The molecule has 2 aliphatic rings. The van der Waals surface area contributed by atoms with Crippen molar-refractivity contribution in [2.24, 2.45) is 0 Å². The van der Waals surface area contributed by atoms with Gasteiger partial charge in [-0.1, -0.05) is 59.6 Å². The van der Waals surface area contributed by atoms with Crippen molar-refractivity contribution in [1.29, 1.82) is 0 Å². The quantitative estimate of drug-likeness (QED) is 0.240. The fraction of sp³-hybridized carbons (Fsp3) is 0.459. The van der Waals surface area contributed by atoms with E-state index in [-0.39, 0.29) is 30.9 Å². The van der Waals surface area contributed by atoms with E-state index in [9.17, 15) is 22.8 Å². The van der Waals surface area contributed by atoms with Crippen molar-refractivity contribution in [1.82, 2.24) is 25.3 Å². The van der Waals surface area contributed by atoms with Gasteiger partial charge < -0.3 is 30.1 Å². The van der Waals surface area contributed by atoms with E-state index in [2.05, 4.69) is 27.7 Å². The van der Waals surface area contributed by atoms with Gasteiger partial charge in [-0.3, -0.25) is 9.69 Å². The van der Waals surface area contributed by atoms with Crippen molar-refractivity contribution in [3.63, 3.8) is 0 Å². The van der Waals surface area contributed by atoms with Gasteiger partial charge in [0.15, 0.2) is 0 Å². The number of piperazine rings is 2. The minimum absolute atomic E-state index is 0.0636. The van der Waals surface area contributed by atoms with E-state index in [1.807, 2.05) is 30.0 Å². The zero-order chi connectivity index (χ0) is 36.5. The second-order valence-corrected chi connectivity index (χ2v) is 13.9. The fourth-order valence-corrected chi connectivity index (χ4v) is 6.98. The Kier molecular flexibility index (Phi) is 13.5. The van der Waals surface area contributed by atoms with Gasteiger partial charge in [0, 0.05) is 101 Å². The summed E-state index contributed by atoms with van der Waals surface area (Å²) >= 11 is 12.6. The van der Waals surface area contributed by atoms with E-state index in [0.29, 0.717) is 85.8 Å². The molecule has 3 amide bonds. The average molecular weight is 750 g/mol. The first kappa shape index (κ1) is 38.7. The van der Waals surface area contributed by atoms with Gasteiger partial charge in [-0.2, -0.15) is 13.2 Å². The van der Waals surface area contributed by atoms with E-state index < -0.39 is 17.8 Å². The molecule has 2 heterocycles. The van der Waals surface area contributed by atoms with Crippen molar-refractivity contribution in [2.75, 3.05) is 71.0 Å². The third-order valence-electron chi connectivity index (χ3n) is 9.34. The SMILES string of the molecule is COCC(C)NCc1cc(C(F)(F)F)ccc1N1CCN(C(=O)[C@@H](Cc2ccc(Cl)cc2Cl)NC(=O)N2CCN(Cc3ccccc3)CC2)CC1. The Morgan fingerprint density at radius 1 is 0.863 bits per heavy atom. The van der Waals surface area contributed by atoms with Gasteiger partial charge in [-0.05, 0) is 53.9 Å². The average Bonchev–Trinajstić information content (AvgIpc) is 3.11. The molecule has 14 heteroatoms. The summed E-state index contributed by atoms with van der Waals surface area (Å²) in [5, 5.41) is 7.10. The van der Waals surface area contributed by atoms with Crippen molar-refractivity contribution in [3.8, 4) is 0 Å². The van der Waals surface area contributed by atoms with Gasteiger partial charge in [-0.15, -0.1) is 0 Å². The van der Waals surface area contributed by atoms with Crippen LogP contribution in [0, 0.1) is 0 Å². The van der Waals surface area contributed by atoms with E-state index in [4.69, 9.17) is 27.9 Å². The molecule has 3 aromatic carbocycles. The first-order valence-electron chi connectivity index (χ1n) is 17.1. The van der Waals surface area contributed by atoms with Crippen LogP contribution in [-0.2, 0) is 35.2 Å². The number of carbonyl (C=O) groups excluding carboxylic acids is 2. The second-order valence-electron chi connectivity index (χ2n) is 13.1. The Hall–Kier alpha value is -3.55. The monoisotopic (exact) mass is 748 g/mol. The summed E-state index contributed by atoms with van der Waals surface area (Å²) < 4.78 is 46.1. The minimum Gasteiger partial charge on any atom is -0.383 e. The molecule has 1 unspecified atom stereocenters. The smallest absolute Gasteiger partial charge is 0.383 e. The molecular formula is C37H45Cl2F3N6O3. The van der Waals surface area contributed by atoms with Crippen LogP contribution in [0.4, 0.5) is 23.7 Å². The first-order valence-corrected chi connectivity index (χ1v) is 17.9. The summed E-state index contributed by atoms with van der Waals surface area (Å²) in [6.45, 7) is 7.26. The van der Waals surface area contributed by atoms with Gasteiger partial charge in [0.2, 0.25) is 5.91 Å². The van der Waals surface area contributed by atoms with Crippen molar-refractivity contribution >= 4 is 40.8 Å². The van der Waals surface area contributed by atoms with Crippen molar-refractivity contribution in [2.45, 2.75) is 44.7 Å². The number of urea groups is 1. The number of methoxy groups -OCH3 is 1. The molecular weight excluding hydrogens is 704 g/mol. The summed E-state index contributed by atoms with van der Waals surface area (Å²) in [6, 6.07) is 17.8. The first-order chi connectivity index (χ1) is 24.4. The van der Waals surface area contributed by atoms with Crippen LogP contribution in [0.5, 0.6) is 0 Å². The topological polar surface area (TPSA) is 80.4 Å². The highest BCUT2D eigenvalue weighted by molar-refractivity contribution is 6.35. The molecule has 0 spiro atoms. The van der Waals surface area contributed by atoms with E-state index in [1.165, 1.54) is 17.7 Å². The van der Waals surface area contributed by atoms with Crippen molar-refractivity contribution < 1.29 is 27.5 Å². The number of carbonyl (C=O) groups is 2. The lowest BCUT2D eigenvalue weighted by molar-refractivity contribution is -0.137. The highest BCUT2D eigenvalue weighted by atomic mass is 35.5. The predicted molar refractivity (Wildman–Crippen MR) is 194 cm³/mol. The Labute approximate surface area is 307 Å². The summed E-state index contributed by atoms with van der Waals surface area (Å²) in [7, 11) is 1.57. The van der Waals surface area contributed by atoms with Crippen LogP contribution in [0.1, 0.15) is 29.2 Å². The molecule has 2 N–H and O–H groups in total. The van der Waals surface area contributed by atoms with Gasteiger partial charge in [0.1, 0.15) is 6.04 Å². The molecule has 2 atom stereocenters. The number of ether oxygens (including phenoxy) is 1. The summed E-state index contributed by atoms with van der Waals surface area (Å²) in [6.07, 6.45) is -4.30. The molecule has 5 rings (SSSR count). The number of rotatable bonds is 12. The molecule has 51 heavy (non-hydrogen) atoms. The largest absolute Gasteiger partial charge is 0.416 e. The number of benzene rings is 3. The highest BCUT2D eigenvalue weighted by Crippen LogP contribution is 2.33. The second kappa shape index (κ2) is 17.8. The standard InChI is InChI=1S/C37H45Cl2F3N6O3/c1-26(25-51-2)43-23-29-20-30(37(40,41)42)9-11-34(29)46-16-18-47(19-17-46)35(49)33(21-28-8-10-31(38)22-32(28)39)44-36(50)48-14-12-45(13-15-48)24-27-6-4-3-5-7-27/h3-11,20,22,26,33,43H,12-19,21,23-25H2,1-2H3,(H,44,50)/t26?,33-/m1/s1. The summed E-state index contributed by atoms with van der Waals surface area (Å²) in [5.41, 5.74) is 2.36. The van der Waals surface area contributed by atoms with Gasteiger partial charge >= 0.3 is 12.2 Å². The lowest BCUT2D eigenvalue weighted by atomic mass is 10.0. The number of hydrogen-bond donors (Lipinski definition) is 2. The Morgan fingerprint density at radius 2 is 1.55 bits per heavy atom. The number of halogens is 5. The molecule has 0 bridgehead atoms. The van der Waals surface area contributed by atoms with E-state index >= 15 is 0 Å². The number of amides is 3. The summed E-state index contributed by atoms with van der Waals surface area (Å²) in [4.78, 5) is 35.4. The Bertz CT molecular complexity index is 1620. The fourth-order valence-electron chi connectivity index (χ4n) is 6.49. The molecule has 9 nitrogen and oxygen atoms in total. The molecule has 0 radical (unpaired) electrons. The predicted octanol–water partition coefficient (Wildman–Crippen LogP) is 5.92. The molecule has 0 saturated carbocycles. The van der Waals surface area contributed by atoms with Crippen LogP contribution in [-0.4, -0.2) is 105 Å². The molecule has 2 saturated heterocycles. The van der Waals surface area contributed by atoms with Crippen LogP contribution in [0.2, 0.25) is 10.0 Å². The lowest BCUT2D eigenvalue weighted by Crippen LogP contribution is -2.59. The Morgan fingerprint density at radius 3 is 2.20 bits per heavy atom. The maximum absolute atomic E-state index is 14.1. The van der Waals surface area contributed by atoms with Gasteiger partial charge in [-0.25, -0.2) is 4.79 Å². The molecule has 3 aromatic rings. The number of alkyl halides is 3. The third-order valence-corrected chi connectivity index (χ3v) is 9.93. The number of nitrogens with one attached hydrogen (secondary N) is 2. The molecule has 0 aliphatic carbocycles. The molecule has 2 aliphatic heterocycles. The number of hydrogen-bond acceptors (Lipinski definition) is 6. The van der Waals surface area contributed by atoms with Crippen LogP contribution < -0.4 is 15.5 Å². The highest BCUT2D eigenvalue weighted by Gasteiger charge is 2.34. The molecule has 276 valence electrons. The summed E-state index contributed by atoms with van der Waals surface area (Å²) in [5.74, 6) is -0.251. The molecule has 0 aromatic heterocycles.